The van der Waals surface area contributed by atoms with Crippen molar-refractivity contribution >= 4 is 0 Å². The number of rotatable bonds is 6. The molecule has 2 nitrogen and oxygen atoms in total. The van der Waals surface area contributed by atoms with Crippen molar-refractivity contribution in [1.29, 1.82) is 0 Å². The molecule has 0 bridgehead atoms. The summed E-state index contributed by atoms with van der Waals surface area (Å²) in [5.41, 5.74) is 0.412. The first-order valence-electron chi connectivity index (χ1n) is 7.82. The van der Waals surface area contributed by atoms with E-state index in [1.807, 2.05) is 0 Å². The molecule has 0 heterocycles. The maximum Gasteiger partial charge on any atom is 0.263 e. The van der Waals surface area contributed by atoms with Gasteiger partial charge < -0.3 is 10.4 Å². The highest BCUT2D eigenvalue weighted by atomic mass is 19.3. The molecular weight excluding hydrogens is 272 g/mol. The molecule has 0 aromatic heterocycles. The zero-order chi connectivity index (χ0) is 15.3. The zero-order valence-electron chi connectivity index (χ0n) is 12.6. The summed E-state index contributed by atoms with van der Waals surface area (Å²) >= 11 is 0. The van der Waals surface area contributed by atoms with Crippen LogP contribution in [0.4, 0.5) is 8.78 Å². The second kappa shape index (κ2) is 7.32. The molecule has 1 aliphatic carbocycles. The minimum atomic E-state index is -2.42. The summed E-state index contributed by atoms with van der Waals surface area (Å²) in [5, 5.41) is 13.8. The molecule has 2 N–H and O–H groups in total. The standard InChI is InChI=1S/C17H25F2NO/c1-2-13-7-9-17(21,10-8-13)12-20-11-14-3-5-15(6-4-14)16(18)19/h3-6,13,16,20-21H,2,7-12H2,1H3. The number of alkyl halides is 2. The SMILES string of the molecule is CCC1CCC(O)(CNCc2ccc(C(F)F)cc2)CC1. The maximum absolute atomic E-state index is 12.5. The Balaban J connectivity index is 1.76. The molecule has 1 aromatic rings. The Morgan fingerprint density at radius 2 is 1.86 bits per heavy atom. The number of halogens is 2. The monoisotopic (exact) mass is 297 g/mol. The van der Waals surface area contributed by atoms with Crippen LogP contribution in [0.25, 0.3) is 0 Å². The molecule has 0 saturated heterocycles. The minimum Gasteiger partial charge on any atom is -0.389 e. The Bertz CT molecular complexity index is 425. The lowest BCUT2D eigenvalue weighted by atomic mass is 9.78. The lowest BCUT2D eigenvalue weighted by Crippen LogP contribution is -2.43. The molecule has 0 spiro atoms. The van der Waals surface area contributed by atoms with E-state index in [2.05, 4.69) is 12.2 Å². The molecule has 1 fully saturated rings. The van der Waals surface area contributed by atoms with Gasteiger partial charge in [0.25, 0.3) is 6.43 Å². The van der Waals surface area contributed by atoms with Gasteiger partial charge in [0.2, 0.25) is 0 Å². The van der Waals surface area contributed by atoms with Gasteiger partial charge in [0, 0.05) is 18.7 Å². The lowest BCUT2D eigenvalue weighted by Gasteiger charge is -2.36. The molecule has 1 aromatic carbocycles. The first-order valence-corrected chi connectivity index (χ1v) is 7.82. The quantitative estimate of drug-likeness (QED) is 0.830. The molecule has 2 rings (SSSR count). The van der Waals surface area contributed by atoms with Crippen LogP contribution in [0.5, 0.6) is 0 Å². The van der Waals surface area contributed by atoms with Gasteiger partial charge in [-0.05, 0) is 37.2 Å². The van der Waals surface area contributed by atoms with E-state index in [0.29, 0.717) is 13.1 Å². The van der Waals surface area contributed by atoms with E-state index < -0.39 is 12.0 Å². The molecule has 21 heavy (non-hydrogen) atoms. The van der Waals surface area contributed by atoms with E-state index in [9.17, 15) is 13.9 Å². The van der Waals surface area contributed by atoms with E-state index in [0.717, 1.165) is 37.2 Å². The number of aliphatic hydroxyl groups is 1. The third kappa shape index (κ3) is 4.75. The second-order valence-corrected chi connectivity index (χ2v) is 6.22. The molecule has 1 saturated carbocycles. The van der Waals surface area contributed by atoms with E-state index in [4.69, 9.17) is 0 Å². The van der Waals surface area contributed by atoms with Crippen molar-refractivity contribution in [1.82, 2.24) is 5.32 Å². The summed E-state index contributed by atoms with van der Waals surface area (Å²) in [7, 11) is 0. The van der Waals surface area contributed by atoms with Gasteiger partial charge in [-0.1, -0.05) is 37.6 Å². The minimum absolute atomic E-state index is 0.0512. The molecule has 4 heteroatoms. The van der Waals surface area contributed by atoms with Crippen LogP contribution < -0.4 is 5.32 Å². The molecule has 0 unspecified atom stereocenters. The smallest absolute Gasteiger partial charge is 0.263 e. The predicted molar refractivity (Wildman–Crippen MR) is 80.3 cm³/mol. The van der Waals surface area contributed by atoms with Gasteiger partial charge in [-0.15, -0.1) is 0 Å². The van der Waals surface area contributed by atoms with Crippen LogP contribution in [-0.4, -0.2) is 17.3 Å². The van der Waals surface area contributed by atoms with Crippen molar-refractivity contribution in [3.8, 4) is 0 Å². The van der Waals surface area contributed by atoms with Crippen LogP contribution in [0.2, 0.25) is 0 Å². The van der Waals surface area contributed by atoms with Crippen LogP contribution in [0.1, 0.15) is 56.6 Å². The summed E-state index contributed by atoms with van der Waals surface area (Å²) in [5.74, 6) is 0.757. The van der Waals surface area contributed by atoms with Crippen molar-refractivity contribution in [2.45, 2.75) is 57.6 Å². The van der Waals surface area contributed by atoms with Gasteiger partial charge in [0.15, 0.2) is 0 Å². The third-order valence-electron chi connectivity index (χ3n) is 4.63. The first kappa shape index (κ1) is 16.4. The fourth-order valence-corrected chi connectivity index (χ4v) is 3.02. The van der Waals surface area contributed by atoms with Gasteiger partial charge in [0.05, 0.1) is 5.60 Å². The van der Waals surface area contributed by atoms with Crippen LogP contribution >= 0.6 is 0 Å². The largest absolute Gasteiger partial charge is 0.389 e. The molecular formula is C17H25F2NO. The van der Waals surface area contributed by atoms with Crippen molar-refractivity contribution < 1.29 is 13.9 Å². The average molecular weight is 297 g/mol. The molecule has 0 aliphatic heterocycles. The van der Waals surface area contributed by atoms with Crippen molar-refractivity contribution in [2.75, 3.05) is 6.54 Å². The zero-order valence-corrected chi connectivity index (χ0v) is 12.6. The van der Waals surface area contributed by atoms with Crippen LogP contribution in [-0.2, 0) is 6.54 Å². The average Bonchev–Trinajstić information content (AvgIpc) is 2.48. The summed E-state index contributed by atoms with van der Waals surface area (Å²) in [6.07, 6.45) is 2.67. The fourth-order valence-electron chi connectivity index (χ4n) is 3.02. The number of hydrogen-bond acceptors (Lipinski definition) is 2. The number of hydrogen-bond donors (Lipinski definition) is 2. The Kier molecular flexibility index (Phi) is 5.71. The summed E-state index contributed by atoms with van der Waals surface area (Å²) in [4.78, 5) is 0. The third-order valence-corrected chi connectivity index (χ3v) is 4.63. The predicted octanol–water partition coefficient (Wildman–Crippen LogP) is 4.05. The summed E-state index contributed by atoms with van der Waals surface area (Å²) in [6, 6.07) is 6.35. The Morgan fingerprint density at radius 3 is 2.38 bits per heavy atom. The molecule has 0 radical (unpaired) electrons. The topological polar surface area (TPSA) is 32.3 Å². The normalized spacial score (nSPS) is 26.2. The first-order chi connectivity index (χ1) is 10.0. The molecule has 118 valence electrons. The Morgan fingerprint density at radius 1 is 1.24 bits per heavy atom. The van der Waals surface area contributed by atoms with Gasteiger partial charge in [-0.2, -0.15) is 0 Å². The highest BCUT2D eigenvalue weighted by molar-refractivity contribution is 5.23. The van der Waals surface area contributed by atoms with Gasteiger partial charge in [-0.3, -0.25) is 0 Å². The molecule has 1 aliphatic rings. The molecule has 0 amide bonds. The number of benzene rings is 1. The van der Waals surface area contributed by atoms with E-state index in [-0.39, 0.29) is 5.56 Å². The lowest BCUT2D eigenvalue weighted by molar-refractivity contribution is -0.00881. The number of nitrogens with one attached hydrogen (secondary N) is 1. The van der Waals surface area contributed by atoms with Crippen molar-refractivity contribution in [3.63, 3.8) is 0 Å². The van der Waals surface area contributed by atoms with Crippen LogP contribution in [0.15, 0.2) is 24.3 Å². The van der Waals surface area contributed by atoms with Crippen LogP contribution in [0.3, 0.4) is 0 Å². The van der Waals surface area contributed by atoms with Crippen LogP contribution in [0, 0.1) is 5.92 Å². The fraction of sp³-hybridized carbons (Fsp3) is 0.647. The van der Waals surface area contributed by atoms with Gasteiger partial charge in [0.1, 0.15) is 0 Å². The van der Waals surface area contributed by atoms with Crippen molar-refractivity contribution in [3.05, 3.63) is 35.4 Å². The second-order valence-electron chi connectivity index (χ2n) is 6.22. The maximum atomic E-state index is 12.5. The Hall–Kier alpha value is -1.00. The van der Waals surface area contributed by atoms with Gasteiger partial charge >= 0.3 is 0 Å². The Labute approximate surface area is 125 Å². The van der Waals surface area contributed by atoms with Crippen molar-refractivity contribution in [2.24, 2.45) is 5.92 Å². The van der Waals surface area contributed by atoms with Gasteiger partial charge in [-0.25, -0.2) is 8.78 Å². The van der Waals surface area contributed by atoms with E-state index >= 15 is 0 Å². The van der Waals surface area contributed by atoms with E-state index in [1.54, 1.807) is 12.1 Å². The summed E-state index contributed by atoms with van der Waals surface area (Å²) in [6.45, 7) is 3.37. The molecule has 0 atom stereocenters. The summed E-state index contributed by atoms with van der Waals surface area (Å²) < 4.78 is 24.9. The van der Waals surface area contributed by atoms with E-state index in [1.165, 1.54) is 18.6 Å². The highest BCUT2D eigenvalue weighted by Crippen LogP contribution is 2.33. The highest BCUT2D eigenvalue weighted by Gasteiger charge is 2.31.